The van der Waals surface area contributed by atoms with Crippen molar-refractivity contribution in [3.63, 3.8) is 0 Å². The zero-order chi connectivity index (χ0) is 24.7. The Morgan fingerprint density at radius 3 is 2.41 bits per heavy atom. The summed E-state index contributed by atoms with van der Waals surface area (Å²) in [6.07, 6.45) is -5.00. The highest BCUT2D eigenvalue weighted by Gasteiger charge is 2.58. The minimum absolute atomic E-state index is 0.181. The summed E-state index contributed by atoms with van der Waals surface area (Å²) >= 11 is 0. The number of phosphoric acid groups is 3. The quantitative estimate of drug-likeness (QED) is 0.179. The molecular weight excluding hydrogens is 506 g/mol. The first kappa shape index (κ1) is 26.9. The number of aliphatic hydroxyl groups is 1. The molecule has 0 radical (unpaired) electrons. The lowest BCUT2D eigenvalue weighted by Crippen LogP contribution is -2.48. The van der Waals surface area contributed by atoms with E-state index < -0.39 is 59.9 Å². The van der Waals surface area contributed by atoms with Gasteiger partial charge in [0.25, 0.3) is 0 Å². The zero-order valence-corrected chi connectivity index (χ0v) is 18.7. The maximum Gasteiger partial charge on any atom is 0.490 e. The topological polar surface area (TPSA) is 250 Å². The predicted octanol–water partition coefficient (Wildman–Crippen LogP) is -0.289. The normalized spacial score (nSPS) is 29.9. The molecule has 1 aromatic rings. The Labute approximate surface area is 178 Å². The zero-order valence-electron chi connectivity index (χ0n) is 16.0. The molecule has 7 N–H and O–H groups in total. The third-order valence-corrected chi connectivity index (χ3v) is 7.88. The minimum Gasteiger partial charge on any atom is -0.383 e. The fourth-order valence-electron chi connectivity index (χ4n) is 2.70. The van der Waals surface area contributed by atoms with E-state index >= 15 is 4.39 Å². The molecule has 16 nitrogen and oxygen atoms in total. The number of hydrogen-bond donors (Lipinski definition) is 6. The standard InChI is InChI=1S/C12H19FN3O13P3/c1-6(2)12(18)7(5-26-31(22,23)29-32(24,25)28-30(19,20)21)27-10(9(12)13)16-4-3-8(14)15-11(16)17/h3-4,7,9-10,18H,1,5H2,2H3,(H,22,23)(H,24,25)(H2,14,15,17)(H2,19,20,21)/t7-,9+,10-,12-/m1/s1. The molecule has 0 saturated carbocycles. The molecule has 1 fully saturated rings. The van der Waals surface area contributed by atoms with Crippen LogP contribution in [0.2, 0.25) is 0 Å². The molecule has 0 spiro atoms. The molecule has 1 aromatic heterocycles. The van der Waals surface area contributed by atoms with Gasteiger partial charge in [-0.15, -0.1) is 0 Å². The van der Waals surface area contributed by atoms with Crippen LogP contribution in [0.4, 0.5) is 10.2 Å². The number of anilines is 1. The molecule has 2 unspecified atom stereocenters. The highest BCUT2D eigenvalue weighted by Crippen LogP contribution is 2.66. The number of ether oxygens (including phenoxy) is 1. The number of phosphoric ester groups is 1. The summed E-state index contributed by atoms with van der Waals surface area (Å²) in [4.78, 5) is 51.1. The molecule has 6 atom stereocenters. The van der Waals surface area contributed by atoms with Gasteiger partial charge < -0.3 is 35.2 Å². The van der Waals surface area contributed by atoms with Gasteiger partial charge in [0.05, 0.1) is 6.61 Å². The molecule has 0 aromatic carbocycles. The summed E-state index contributed by atoms with van der Waals surface area (Å²) in [5.74, 6) is -0.181. The largest absolute Gasteiger partial charge is 0.490 e. The Kier molecular flexibility index (Phi) is 7.69. The van der Waals surface area contributed by atoms with E-state index in [-0.39, 0.29) is 11.4 Å². The molecule has 1 aliphatic rings. The Morgan fingerprint density at radius 2 is 1.91 bits per heavy atom. The van der Waals surface area contributed by atoms with Crippen molar-refractivity contribution < 1.29 is 60.6 Å². The van der Waals surface area contributed by atoms with Crippen LogP contribution in [0.5, 0.6) is 0 Å². The molecule has 1 aliphatic heterocycles. The van der Waals surface area contributed by atoms with E-state index in [9.17, 15) is 28.5 Å². The summed E-state index contributed by atoms with van der Waals surface area (Å²) < 4.78 is 66.4. The lowest BCUT2D eigenvalue weighted by atomic mass is 9.87. The van der Waals surface area contributed by atoms with Gasteiger partial charge in [-0.3, -0.25) is 9.09 Å². The summed E-state index contributed by atoms with van der Waals surface area (Å²) in [7, 11) is -17.0. The third kappa shape index (κ3) is 6.17. The van der Waals surface area contributed by atoms with E-state index in [0.29, 0.717) is 4.57 Å². The molecule has 32 heavy (non-hydrogen) atoms. The average Bonchev–Trinajstić information content (AvgIpc) is 2.83. The van der Waals surface area contributed by atoms with E-state index in [1.54, 1.807) is 0 Å². The lowest BCUT2D eigenvalue weighted by molar-refractivity contribution is -0.0677. The van der Waals surface area contributed by atoms with Crippen LogP contribution < -0.4 is 11.4 Å². The van der Waals surface area contributed by atoms with E-state index in [1.165, 1.54) is 6.92 Å². The number of aromatic nitrogens is 2. The smallest absolute Gasteiger partial charge is 0.383 e. The van der Waals surface area contributed by atoms with Gasteiger partial charge in [-0.05, 0) is 18.6 Å². The van der Waals surface area contributed by atoms with Crippen molar-refractivity contribution in [2.45, 2.75) is 31.0 Å². The highest BCUT2D eigenvalue weighted by molar-refractivity contribution is 7.66. The van der Waals surface area contributed by atoms with E-state index in [1.807, 2.05) is 0 Å². The van der Waals surface area contributed by atoms with Crippen LogP contribution in [-0.2, 0) is 31.6 Å². The van der Waals surface area contributed by atoms with Gasteiger partial charge in [0.1, 0.15) is 17.5 Å². The van der Waals surface area contributed by atoms with Gasteiger partial charge >= 0.3 is 29.2 Å². The lowest BCUT2D eigenvalue weighted by Gasteiger charge is -2.30. The minimum atomic E-state index is -5.79. The second-order valence-corrected chi connectivity index (χ2v) is 10.9. The second-order valence-electron chi connectivity index (χ2n) is 6.45. The first-order valence-corrected chi connectivity index (χ1v) is 12.7. The molecule has 2 rings (SSSR count). The highest BCUT2D eigenvalue weighted by atomic mass is 31.3. The molecule has 0 bridgehead atoms. The maximum atomic E-state index is 15.1. The molecule has 0 amide bonds. The number of hydrogen-bond acceptors (Lipinski definition) is 11. The number of rotatable bonds is 9. The molecule has 20 heteroatoms. The number of halogens is 1. The molecule has 2 heterocycles. The maximum absolute atomic E-state index is 15.1. The molecule has 182 valence electrons. The van der Waals surface area contributed by atoms with Gasteiger partial charge in [-0.25, -0.2) is 22.9 Å². The van der Waals surface area contributed by atoms with Crippen LogP contribution in [0.3, 0.4) is 0 Å². The fourth-order valence-corrected chi connectivity index (χ4v) is 5.72. The SMILES string of the molecule is C=C(C)[C@@]1(O)[C@@H](COP(=O)(O)OP(=O)(O)OP(=O)(O)O)O[C@@H](n2ccc(N)nc2=O)[C@@H]1F. The van der Waals surface area contributed by atoms with E-state index in [0.717, 1.165) is 12.3 Å². The van der Waals surface area contributed by atoms with Crippen LogP contribution in [0, 0.1) is 0 Å². The number of nitrogens with two attached hydrogens (primary N) is 1. The van der Waals surface area contributed by atoms with Crippen molar-refractivity contribution in [1.29, 1.82) is 0 Å². The number of nitrogens with zero attached hydrogens (tertiary/aromatic N) is 2. The van der Waals surface area contributed by atoms with Gasteiger partial charge in [0.2, 0.25) is 0 Å². The van der Waals surface area contributed by atoms with Crippen LogP contribution in [0.25, 0.3) is 0 Å². The summed E-state index contributed by atoms with van der Waals surface area (Å²) in [5.41, 5.74) is 1.48. The first-order chi connectivity index (χ1) is 14.4. The Bertz CT molecular complexity index is 1090. The Hall–Kier alpha value is -1.32. The van der Waals surface area contributed by atoms with Crippen molar-refractivity contribution in [2.75, 3.05) is 12.3 Å². The van der Waals surface area contributed by atoms with Gasteiger partial charge in [0, 0.05) is 6.20 Å². The molecular formula is C12H19FN3O13P3. The van der Waals surface area contributed by atoms with Crippen LogP contribution in [0.15, 0.2) is 29.2 Å². The fraction of sp³-hybridized carbons (Fsp3) is 0.500. The summed E-state index contributed by atoms with van der Waals surface area (Å²) in [6, 6.07) is 1.14. The van der Waals surface area contributed by atoms with Crippen molar-refractivity contribution >= 4 is 29.3 Å². The Morgan fingerprint density at radius 1 is 1.31 bits per heavy atom. The second kappa shape index (κ2) is 9.14. The van der Waals surface area contributed by atoms with Crippen LogP contribution >= 0.6 is 23.5 Å². The molecule has 1 saturated heterocycles. The summed E-state index contributed by atoms with van der Waals surface area (Å²) in [6.45, 7) is 3.42. The van der Waals surface area contributed by atoms with Crippen molar-refractivity contribution in [3.8, 4) is 0 Å². The van der Waals surface area contributed by atoms with E-state index in [2.05, 4.69) is 24.7 Å². The van der Waals surface area contributed by atoms with Gasteiger partial charge in [-0.1, -0.05) is 6.58 Å². The summed E-state index contributed by atoms with van der Waals surface area (Å²) in [5, 5.41) is 10.8. The van der Waals surface area contributed by atoms with E-state index in [4.69, 9.17) is 25.2 Å². The van der Waals surface area contributed by atoms with Crippen molar-refractivity contribution in [1.82, 2.24) is 9.55 Å². The van der Waals surface area contributed by atoms with Crippen molar-refractivity contribution in [2.24, 2.45) is 0 Å². The van der Waals surface area contributed by atoms with Crippen molar-refractivity contribution in [3.05, 3.63) is 34.9 Å². The number of nitrogen functional groups attached to an aromatic ring is 1. The van der Waals surface area contributed by atoms with Crippen LogP contribution in [0.1, 0.15) is 13.2 Å². The Balaban J connectivity index is 2.25. The van der Waals surface area contributed by atoms with Gasteiger partial charge in [0.15, 0.2) is 12.4 Å². The average molecular weight is 525 g/mol. The first-order valence-electron chi connectivity index (χ1n) is 8.19. The third-order valence-electron chi connectivity index (χ3n) is 4.08. The number of alkyl halides is 1. The predicted molar refractivity (Wildman–Crippen MR) is 101 cm³/mol. The van der Waals surface area contributed by atoms with Gasteiger partial charge in [-0.2, -0.15) is 13.6 Å². The monoisotopic (exact) mass is 525 g/mol. The molecule has 0 aliphatic carbocycles. The van der Waals surface area contributed by atoms with Crippen LogP contribution in [-0.4, -0.2) is 58.7 Å².